The van der Waals surface area contributed by atoms with Crippen molar-refractivity contribution in [2.24, 2.45) is 0 Å². The van der Waals surface area contributed by atoms with Gasteiger partial charge in [0.25, 0.3) is 5.91 Å². The molecule has 3 aromatic rings. The molecular weight excluding hydrogens is 543 g/mol. The van der Waals surface area contributed by atoms with Gasteiger partial charge in [0.05, 0.1) is 5.56 Å². The van der Waals surface area contributed by atoms with Crippen molar-refractivity contribution in [3.05, 3.63) is 112 Å². The number of benzene rings is 3. The SMILES string of the molecule is CN(C)CCOc1ccc(C(=O)NC2C/C(=C\c3ccc(F)c(F)c3)C(=O)/C(=C/c3ccc(F)c(F)c3)C2)c(F)c1. The third-order valence-electron chi connectivity index (χ3n) is 6.41. The molecule has 3 aromatic carbocycles. The van der Waals surface area contributed by atoms with Gasteiger partial charge in [0.15, 0.2) is 29.1 Å². The number of nitrogens with zero attached hydrogens (tertiary/aromatic N) is 1. The van der Waals surface area contributed by atoms with E-state index >= 15 is 0 Å². The van der Waals surface area contributed by atoms with Crippen LogP contribution in [0.5, 0.6) is 5.75 Å². The molecule has 5 nitrogen and oxygen atoms in total. The molecule has 0 aromatic heterocycles. The normalized spacial score (nSPS) is 17.4. The standard InChI is InChI=1S/C31H27F5N2O3/c1-38(2)9-10-41-23-5-6-24(27(34)17-23)31(40)37-22-15-20(11-18-3-7-25(32)28(35)13-18)30(39)21(16-22)12-19-4-8-26(33)29(36)14-19/h3-8,11-14,17,22H,9-10,15-16H2,1-2H3,(H,37,40)/b20-11+,21-12+. The zero-order chi connectivity index (χ0) is 29.7. The fourth-order valence-corrected chi connectivity index (χ4v) is 4.33. The molecule has 0 unspecified atom stereocenters. The average Bonchev–Trinajstić information content (AvgIpc) is 2.90. The first-order valence-electron chi connectivity index (χ1n) is 12.7. The summed E-state index contributed by atoms with van der Waals surface area (Å²) < 4.78 is 74.8. The molecule has 1 fully saturated rings. The minimum atomic E-state index is -1.10. The average molecular weight is 571 g/mol. The lowest BCUT2D eigenvalue weighted by atomic mass is 9.83. The molecule has 0 spiro atoms. The van der Waals surface area contributed by atoms with E-state index in [1.54, 1.807) is 0 Å². The molecule has 41 heavy (non-hydrogen) atoms. The number of halogens is 5. The lowest BCUT2D eigenvalue weighted by Gasteiger charge is -2.27. The molecule has 0 aliphatic heterocycles. The van der Waals surface area contributed by atoms with E-state index in [2.05, 4.69) is 5.32 Å². The van der Waals surface area contributed by atoms with E-state index in [1.807, 2.05) is 19.0 Å². The monoisotopic (exact) mass is 570 g/mol. The van der Waals surface area contributed by atoms with E-state index in [9.17, 15) is 31.5 Å². The summed E-state index contributed by atoms with van der Waals surface area (Å²) in [6, 6.07) is 9.43. The van der Waals surface area contributed by atoms with E-state index in [0.29, 0.717) is 13.2 Å². The lowest BCUT2D eigenvalue weighted by Crippen LogP contribution is -2.39. The fraction of sp³-hybridized carbons (Fsp3) is 0.226. The van der Waals surface area contributed by atoms with Crippen LogP contribution in [0, 0.1) is 29.1 Å². The van der Waals surface area contributed by atoms with Gasteiger partial charge in [-0.15, -0.1) is 0 Å². The minimum Gasteiger partial charge on any atom is -0.492 e. The van der Waals surface area contributed by atoms with Crippen LogP contribution in [0.25, 0.3) is 12.2 Å². The highest BCUT2D eigenvalue weighted by Crippen LogP contribution is 2.30. The highest BCUT2D eigenvalue weighted by molar-refractivity contribution is 6.14. The largest absolute Gasteiger partial charge is 0.492 e. The maximum Gasteiger partial charge on any atom is 0.254 e. The molecular formula is C31H27F5N2O3. The van der Waals surface area contributed by atoms with E-state index in [-0.39, 0.29) is 46.4 Å². The number of nitrogens with one attached hydrogen (secondary N) is 1. The van der Waals surface area contributed by atoms with Crippen molar-refractivity contribution < 1.29 is 36.3 Å². The van der Waals surface area contributed by atoms with E-state index < -0.39 is 46.8 Å². The van der Waals surface area contributed by atoms with Crippen molar-refractivity contribution >= 4 is 23.8 Å². The number of hydrogen-bond donors (Lipinski definition) is 1. The number of carbonyl (C=O) groups is 2. The fourth-order valence-electron chi connectivity index (χ4n) is 4.33. The van der Waals surface area contributed by atoms with Gasteiger partial charge in [-0.05, 0) is 86.6 Å². The number of rotatable bonds is 8. The van der Waals surface area contributed by atoms with Crippen molar-refractivity contribution in [2.45, 2.75) is 18.9 Å². The molecule has 0 atom stereocenters. The van der Waals surface area contributed by atoms with Crippen LogP contribution in [0.4, 0.5) is 22.0 Å². The molecule has 214 valence electrons. The third-order valence-corrected chi connectivity index (χ3v) is 6.41. The van der Waals surface area contributed by atoms with Gasteiger partial charge in [0, 0.05) is 29.8 Å². The van der Waals surface area contributed by atoms with Crippen LogP contribution in [0.1, 0.15) is 34.3 Å². The van der Waals surface area contributed by atoms with Crippen molar-refractivity contribution in [2.75, 3.05) is 27.2 Å². The van der Waals surface area contributed by atoms with Crippen LogP contribution in [-0.2, 0) is 4.79 Å². The van der Waals surface area contributed by atoms with Gasteiger partial charge in [-0.1, -0.05) is 12.1 Å². The van der Waals surface area contributed by atoms with Crippen LogP contribution in [-0.4, -0.2) is 49.9 Å². The highest BCUT2D eigenvalue weighted by Gasteiger charge is 2.30. The van der Waals surface area contributed by atoms with Gasteiger partial charge >= 0.3 is 0 Å². The van der Waals surface area contributed by atoms with Crippen molar-refractivity contribution in [1.82, 2.24) is 10.2 Å². The van der Waals surface area contributed by atoms with E-state index in [1.165, 1.54) is 36.4 Å². The minimum absolute atomic E-state index is 0.00599. The van der Waals surface area contributed by atoms with E-state index in [0.717, 1.165) is 30.3 Å². The Morgan fingerprint density at radius 2 is 1.39 bits per heavy atom. The number of amides is 1. The highest BCUT2D eigenvalue weighted by atomic mass is 19.2. The molecule has 0 saturated heterocycles. The van der Waals surface area contributed by atoms with Crippen molar-refractivity contribution in [1.29, 1.82) is 0 Å². The van der Waals surface area contributed by atoms with Crippen LogP contribution in [0.2, 0.25) is 0 Å². The first kappa shape index (κ1) is 29.7. The number of carbonyl (C=O) groups excluding carboxylic acids is 2. The summed E-state index contributed by atoms with van der Waals surface area (Å²) >= 11 is 0. The zero-order valence-corrected chi connectivity index (χ0v) is 22.3. The Bertz CT molecular complexity index is 1460. The third kappa shape index (κ3) is 7.67. The summed E-state index contributed by atoms with van der Waals surface area (Å²) in [5.74, 6) is -6.05. The van der Waals surface area contributed by atoms with Gasteiger partial charge in [-0.3, -0.25) is 9.59 Å². The van der Waals surface area contributed by atoms with Gasteiger partial charge in [0.1, 0.15) is 18.2 Å². The first-order valence-corrected chi connectivity index (χ1v) is 12.7. The Morgan fingerprint density at radius 1 is 0.829 bits per heavy atom. The van der Waals surface area contributed by atoms with Crippen LogP contribution in [0.3, 0.4) is 0 Å². The summed E-state index contributed by atoms with van der Waals surface area (Å²) in [5.41, 5.74) is 0.502. The summed E-state index contributed by atoms with van der Waals surface area (Å²) in [6.45, 7) is 0.944. The second-order valence-electron chi connectivity index (χ2n) is 9.89. The van der Waals surface area contributed by atoms with Gasteiger partial charge < -0.3 is 15.0 Å². The number of hydrogen-bond acceptors (Lipinski definition) is 4. The molecule has 1 amide bonds. The quantitative estimate of drug-likeness (QED) is 0.269. The maximum absolute atomic E-state index is 14.8. The molecule has 4 rings (SSSR count). The molecule has 1 aliphatic carbocycles. The van der Waals surface area contributed by atoms with Crippen LogP contribution < -0.4 is 10.1 Å². The molecule has 0 radical (unpaired) electrons. The number of ether oxygens (including phenoxy) is 1. The molecule has 10 heteroatoms. The summed E-state index contributed by atoms with van der Waals surface area (Å²) in [5, 5.41) is 2.72. The van der Waals surface area contributed by atoms with Crippen LogP contribution in [0.15, 0.2) is 65.7 Å². The molecule has 0 bridgehead atoms. The van der Waals surface area contributed by atoms with Gasteiger partial charge in [-0.25, -0.2) is 22.0 Å². The Labute approximate surface area is 233 Å². The molecule has 1 aliphatic rings. The molecule has 1 N–H and O–H groups in total. The van der Waals surface area contributed by atoms with Crippen molar-refractivity contribution in [3.8, 4) is 5.75 Å². The summed E-state index contributed by atoms with van der Waals surface area (Å²) in [4.78, 5) is 28.2. The smallest absolute Gasteiger partial charge is 0.254 e. The zero-order valence-electron chi connectivity index (χ0n) is 22.3. The van der Waals surface area contributed by atoms with Crippen molar-refractivity contribution in [3.63, 3.8) is 0 Å². The van der Waals surface area contributed by atoms with Gasteiger partial charge in [-0.2, -0.15) is 0 Å². The molecule has 0 heterocycles. The lowest BCUT2D eigenvalue weighted by molar-refractivity contribution is -0.113. The number of Topliss-reactive ketones (excluding diaryl/α,β-unsaturated/α-hetero) is 1. The Hall–Kier alpha value is -4.31. The topological polar surface area (TPSA) is 58.6 Å². The Balaban J connectivity index is 1.60. The van der Waals surface area contributed by atoms with Crippen LogP contribution >= 0.6 is 0 Å². The van der Waals surface area contributed by atoms with E-state index in [4.69, 9.17) is 4.74 Å². The Kier molecular flexibility index (Phi) is 9.34. The van der Waals surface area contributed by atoms with Gasteiger partial charge in [0.2, 0.25) is 0 Å². The number of likely N-dealkylation sites (N-methyl/N-ethyl adjacent to an activating group) is 1. The summed E-state index contributed by atoms with van der Waals surface area (Å²) in [7, 11) is 3.74. The predicted octanol–water partition coefficient (Wildman–Crippen LogP) is 5.95. The second-order valence-corrected chi connectivity index (χ2v) is 9.89. The maximum atomic E-state index is 14.8. The predicted molar refractivity (Wildman–Crippen MR) is 145 cm³/mol. The second kappa shape index (κ2) is 12.9. The molecule has 1 saturated carbocycles. The first-order chi connectivity index (χ1) is 19.5. The number of ketones is 1. The Morgan fingerprint density at radius 3 is 1.88 bits per heavy atom. The summed E-state index contributed by atoms with van der Waals surface area (Å²) in [6.07, 6.45) is 2.74.